The lowest BCUT2D eigenvalue weighted by atomic mass is 9.93. The van der Waals surface area contributed by atoms with Crippen molar-refractivity contribution in [1.29, 1.82) is 0 Å². The van der Waals surface area contributed by atoms with Gasteiger partial charge in [-0.1, -0.05) is 11.6 Å². The van der Waals surface area contributed by atoms with Gasteiger partial charge in [0.1, 0.15) is 5.82 Å². The molecule has 0 bridgehead atoms. The van der Waals surface area contributed by atoms with E-state index in [1.807, 2.05) is 4.90 Å². The Bertz CT molecular complexity index is 839. The van der Waals surface area contributed by atoms with Crippen LogP contribution in [0.4, 0.5) is 10.1 Å². The zero-order chi connectivity index (χ0) is 19.4. The fourth-order valence-electron chi connectivity index (χ4n) is 3.39. The first-order valence-corrected chi connectivity index (χ1v) is 10.2. The van der Waals surface area contributed by atoms with Crippen LogP contribution in [0.2, 0.25) is 4.34 Å². The molecule has 1 aliphatic rings. The van der Waals surface area contributed by atoms with Crippen LogP contribution in [0.25, 0.3) is 0 Å². The fourth-order valence-corrected chi connectivity index (χ4v) is 4.40. The number of hydrogen-bond acceptors (Lipinski definition) is 3. The maximum Gasteiger partial charge on any atom is 0.263 e. The number of carbonyl (C=O) groups is 2. The molecule has 3 rings (SSSR count). The smallest absolute Gasteiger partial charge is 0.263 e. The lowest BCUT2D eigenvalue weighted by Gasteiger charge is -2.32. The van der Waals surface area contributed by atoms with Crippen LogP contribution in [-0.2, 0) is 4.79 Å². The summed E-state index contributed by atoms with van der Waals surface area (Å²) in [6, 6.07) is 7.82. The molecule has 2 heterocycles. The third-order valence-corrected chi connectivity index (χ3v) is 6.05. The van der Waals surface area contributed by atoms with Crippen LogP contribution in [0.1, 0.15) is 40.9 Å². The van der Waals surface area contributed by atoms with Gasteiger partial charge in [0.05, 0.1) is 9.21 Å². The molecule has 0 spiro atoms. The van der Waals surface area contributed by atoms with Gasteiger partial charge in [-0.05, 0) is 68.0 Å². The zero-order valence-electron chi connectivity index (χ0n) is 15.1. The van der Waals surface area contributed by atoms with E-state index in [1.54, 1.807) is 25.1 Å². The van der Waals surface area contributed by atoms with Crippen molar-refractivity contribution >= 4 is 40.4 Å². The quantitative estimate of drug-likeness (QED) is 0.746. The summed E-state index contributed by atoms with van der Waals surface area (Å²) in [4.78, 5) is 27.3. The highest BCUT2D eigenvalue weighted by atomic mass is 35.5. The standard InChI is InChI=1S/C20H22ClFN2O2S/c1-13-11-15(22)5-6-16(13)23-19(25)9-4-14-3-2-10-24(12-14)20(26)17-7-8-18(21)27-17/h5-8,11,14H,2-4,9-10,12H2,1H3,(H,23,25)/t14-/m1/s1. The van der Waals surface area contributed by atoms with Crippen LogP contribution >= 0.6 is 22.9 Å². The minimum Gasteiger partial charge on any atom is -0.338 e. The number of thiophene rings is 1. The Hall–Kier alpha value is -1.92. The van der Waals surface area contributed by atoms with Gasteiger partial charge in [0.15, 0.2) is 0 Å². The molecule has 2 amide bonds. The topological polar surface area (TPSA) is 49.4 Å². The van der Waals surface area contributed by atoms with Crippen molar-refractivity contribution in [3.63, 3.8) is 0 Å². The summed E-state index contributed by atoms with van der Waals surface area (Å²) in [6.45, 7) is 3.17. The van der Waals surface area contributed by atoms with E-state index < -0.39 is 0 Å². The SMILES string of the molecule is Cc1cc(F)ccc1NC(=O)CC[C@H]1CCCN(C(=O)c2ccc(Cl)s2)C1. The first-order chi connectivity index (χ1) is 12.9. The summed E-state index contributed by atoms with van der Waals surface area (Å²) in [7, 11) is 0. The predicted molar refractivity (Wildman–Crippen MR) is 107 cm³/mol. The Morgan fingerprint density at radius 1 is 1.33 bits per heavy atom. The molecule has 2 aromatic rings. The molecule has 1 atom stereocenters. The summed E-state index contributed by atoms with van der Waals surface area (Å²) < 4.78 is 13.8. The molecule has 0 aliphatic carbocycles. The minimum atomic E-state index is -0.315. The number of piperidine rings is 1. The number of amides is 2. The monoisotopic (exact) mass is 408 g/mol. The zero-order valence-corrected chi connectivity index (χ0v) is 16.7. The summed E-state index contributed by atoms with van der Waals surface area (Å²) in [5.74, 6) is -0.0797. The van der Waals surface area contributed by atoms with Crippen LogP contribution in [0.15, 0.2) is 30.3 Å². The van der Waals surface area contributed by atoms with Crippen LogP contribution in [0.3, 0.4) is 0 Å². The van der Waals surface area contributed by atoms with Crippen molar-refractivity contribution in [3.8, 4) is 0 Å². The first-order valence-electron chi connectivity index (χ1n) is 9.03. The van der Waals surface area contributed by atoms with E-state index in [2.05, 4.69) is 5.32 Å². The normalized spacial score (nSPS) is 17.0. The molecule has 1 aromatic heterocycles. The van der Waals surface area contributed by atoms with Crippen LogP contribution in [0, 0.1) is 18.7 Å². The summed E-state index contributed by atoms with van der Waals surface area (Å²) >= 11 is 7.22. The highest BCUT2D eigenvalue weighted by Gasteiger charge is 2.25. The minimum absolute atomic E-state index is 0.0167. The van der Waals surface area contributed by atoms with Gasteiger partial charge in [0.25, 0.3) is 5.91 Å². The maximum absolute atomic E-state index is 13.2. The van der Waals surface area contributed by atoms with Crippen molar-refractivity contribution < 1.29 is 14.0 Å². The Balaban J connectivity index is 1.50. The highest BCUT2D eigenvalue weighted by molar-refractivity contribution is 7.17. The second-order valence-corrected chi connectivity index (χ2v) is 8.62. The van der Waals surface area contributed by atoms with Gasteiger partial charge in [0.2, 0.25) is 5.91 Å². The second kappa shape index (κ2) is 8.85. The number of rotatable bonds is 5. The molecule has 1 fully saturated rings. The Morgan fingerprint density at radius 2 is 2.15 bits per heavy atom. The Labute approximate surface area is 167 Å². The average Bonchev–Trinajstić information content (AvgIpc) is 3.08. The number of likely N-dealkylation sites (tertiary alicyclic amines) is 1. The van der Waals surface area contributed by atoms with E-state index >= 15 is 0 Å². The third-order valence-electron chi connectivity index (χ3n) is 4.83. The van der Waals surface area contributed by atoms with E-state index in [0.29, 0.717) is 39.3 Å². The van der Waals surface area contributed by atoms with Gasteiger partial charge in [-0.15, -0.1) is 11.3 Å². The van der Waals surface area contributed by atoms with Gasteiger partial charge < -0.3 is 10.2 Å². The van der Waals surface area contributed by atoms with E-state index in [-0.39, 0.29) is 17.6 Å². The molecule has 144 valence electrons. The average molecular weight is 409 g/mol. The molecule has 7 heteroatoms. The van der Waals surface area contributed by atoms with Crippen LogP contribution < -0.4 is 5.32 Å². The molecular formula is C20H22ClFN2O2S. The number of hydrogen-bond donors (Lipinski definition) is 1. The lowest BCUT2D eigenvalue weighted by Crippen LogP contribution is -2.39. The third kappa shape index (κ3) is 5.30. The van der Waals surface area contributed by atoms with Gasteiger partial charge in [0, 0.05) is 25.2 Å². The van der Waals surface area contributed by atoms with Crippen LogP contribution in [0.5, 0.6) is 0 Å². The van der Waals surface area contributed by atoms with E-state index in [9.17, 15) is 14.0 Å². The van der Waals surface area contributed by atoms with Crippen molar-refractivity contribution in [3.05, 3.63) is 50.9 Å². The van der Waals surface area contributed by atoms with Gasteiger partial charge >= 0.3 is 0 Å². The predicted octanol–water partition coefficient (Wildman–Crippen LogP) is 5.12. The first kappa shape index (κ1) is 19.8. The number of halogens is 2. The maximum atomic E-state index is 13.2. The summed E-state index contributed by atoms with van der Waals surface area (Å²) in [5, 5.41) is 2.84. The fraction of sp³-hybridized carbons (Fsp3) is 0.400. The summed E-state index contributed by atoms with van der Waals surface area (Å²) in [5.41, 5.74) is 1.34. The van der Waals surface area contributed by atoms with E-state index in [1.165, 1.54) is 23.5 Å². The number of carbonyl (C=O) groups excluding carboxylic acids is 2. The number of benzene rings is 1. The second-order valence-electron chi connectivity index (χ2n) is 6.91. The van der Waals surface area contributed by atoms with E-state index in [4.69, 9.17) is 11.6 Å². The van der Waals surface area contributed by atoms with Crippen molar-refractivity contribution in [1.82, 2.24) is 4.90 Å². The van der Waals surface area contributed by atoms with Crippen molar-refractivity contribution in [2.45, 2.75) is 32.6 Å². The molecule has 1 N–H and O–H groups in total. The number of nitrogens with zero attached hydrogens (tertiary/aromatic N) is 1. The van der Waals surface area contributed by atoms with Crippen molar-refractivity contribution in [2.24, 2.45) is 5.92 Å². The molecule has 1 aliphatic heterocycles. The van der Waals surface area contributed by atoms with Crippen LogP contribution in [-0.4, -0.2) is 29.8 Å². The van der Waals surface area contributed by atoms with E-state index in [0.717, 1.165) is 25.8 Å². The molecule has 4 nitrogen and oxygen atoms in total. The lowest BCUT2D eigenvalue weighted by molar-refractivity contribution is -0.116. The number of anilines is 1. The van der Waals surface area contributed by atoms with Crippen molar-refractivity contribution in [2.75, 3.05) is 18.4 Å². The summed E-state index contributed by atoms with van der Waals surface area (Å²) in [6.07, 6.45) is 3.06. The Kier molecular flexibility index (Phi) is 6.50. The molecule has 1 aromatic carbocycles. The largest absolute Gasteiger partial charge is 0.338 e. The van der Waals surface area contributed by atoms with Gasteiger partial charge in [-0.3, -0.25) is 9.59 Å². The molecule has 0 saturated carbocycles. The molecular weight excluding hydrogens is 387 g/mol. The highest BCUT2D eigenvalue weighted by Crippen LogP contribution is 2.27. The molecule has 0 unspecified atom stereocenters. The van der Waals surface area contributed by atoms with Gasteiger partial charge in [-0.2, -0.15) is 0 Å². The molecule has 27 heavy (non-hydrogen) atoms. The Morgan fingerprint density at radius 3 is 2.85 bits per heavy atom. The number of nitrogens with one attached hydrogen (secondary N) is 1. The molecule has 1 saturated heterocycles. The van der Waals surface area contributed by atoms with Gasteiger partial charge in [-0.25, -0.2) is 4.39 Å². The molecule has 0 radical (unpaired) electrons. The number of aryl methyl sites for hydroxylation is 1.